The molecule has 88 valence electrons. The van der Waals surface area contributed by atoms with Crippen molar-refractivity contribution in [3.8, 4) is 16.9 Å². The SMILES string of the molecule is CC(C)(C)Oc1ccc(-c2ccccc2)cc1. The molecule has 2 rings (SSSR count). The summed E-state index contributed by atoms with van der Waals surface area (Å²) in [6.45, 7) is 6.16. The second kappa shape index (κ2) is 4.62. The van der Waals surface area contributed by atoms with Crippen molar-refractivity contribution in [3.63, 3.8) is 0 Å². The Morgan fingerprint density at radius 1 is 0.706 bits per heavy atom. The summed E-state index contributed by atoms with van der Waals surface area (Å²) in [5, 5.41) is 0. The highest BCUT2D eigenvalue weighted by molar-refractivity contribution is 5.63. The zero-order valence-corrected chi connectivity index (χ0v) is 10.6. The summed E-state index contributed by atoms with van der Waals surface area (Å²) in [6.07, 6.45) is 0. The molecule has 0 radical (unpaired) electrons. The maximum atomic E-state index is 5.79. The highest BCUT2D eigenvalue weighted by Crippen LogP contribution is 2.24. The number of ether oxygens (including phenoxy) is 1. The second-order valence-electron chi connectivity index (χ2n) is 5.10. The van der Waals surface area contributed by atoms with Crippen LogP contribution >= 0.6 is 0 Å². The summed E-state index contributed by atoms with van der Waals surface area (Å²) in [7, 11) is 0. The van der Waals surface area contributed by atoms with E-state index in [2.05, 4.69) is 57.2 Å². The predicted octanol–water partition coefficient (Wildman–Crippen LogP) is 4.53. The van der Waals surface area contributed by atoms with Crippen LogP contribution < -0.4 is 4.74 Å². The topological polar surface area (TPSA) is 9.23 Å². The van der Waals surface area contributed by atoms with Crippen LogP contribution in [-0.2, 0) is 0 Å². The molecule has 17 heavy (non-hydrogen) atoms. The fourth-order valence-electron chi connectivity index (χ4n) is 1.70. The molecular weight excluding hydrogens is 208 g/mol. The number of hydrogen-bond donors (Lipinski definition) is 0. The highest BCUT2D eigenvalue weighted by atomic mass is 16.5. The van der Waals surface area contributed by atoms with E-state index in [4.69, 9.17) is 4.74 Å². The summed E-state index contributed by atoms with van der Waals surface area (Å²) in [6, 6.07) is 18.6. The normalized spacial score (nSPS) is 11.2. The Hall–Kier alpha value is -1.76. The Balaban J connectivity index is 2.19. The minimum Gasteiger partial charge on any atom is -0.488 e. The van der Waals surface area contributed by atoms with Crippen LogP contribution in [0.5, 0.6) is 5.75 Å². The van der Waals surface area contributed by atoms with Crippen LogP contribution in [0.3, 0.4) is 0 Å². The third-order valence-corrected chi connectivity index (χ3v) is 2.39. The summed E-state index contributed by atoms with van der Waals surface area (Å²) >= 11 is 0. The molecule has 0 amide bonds. The van der Waals surface area contributed by atoms with Crippen LogP contribution in [-0.4, -0.2) is 5.60 Å². The molecule has 0 aliphatic heterocycles. The molecule has 0 saturated carbocycles. The van der Waals surface area contributed by atoms with Gasteiger partial charge in [-0.15, -0.1) is 0 Å². The van der Waals surface area contributed by atoms with Crippen LogP contribution in [0, 0.1) is 0 Å². The quantitative estimate of drug-likeness (QED) is 0.731. The van der Waals surface area contributed by atoms with E-state index in [0.717, 1.165) is 5.75 Å². The summed E-state index contributed by atoms with van der Waals surface area (Å²) < 4.78 is 5.79. The van der Waals surface area contributed by atoms with E-state index < -0.39 is 0 Å². The fraction of sp³-hybridized carbons (Fsp3) is 0.250. The highest BCUT2D eigenvalue weighted by Gasteiger charge is 2.11. The van der Waals surface area contributed by atoms with Gasteiger partial charge in [0.2, 0.25) is 0 Å². The van der Waals surface area contributed by atoms with Crippen molar-refractivity contribution in [1.82, 2.24) is 0 Å². The molecule has 1 nitrogen and oxygen atoms in total. The fourth-order valence-corrected chi connectivity index (χ4v) is 1.70. The van der Waals surface area contributed by atoms with Crippen molar-refractivity contribution in [1.29, 1.82) is 0 Å². The zero-order chi connectivity index (χ0) is 12.3. The molecule has 0 aliphatic carbocycles. The Morgan fingerprint density at radius 2 is 1.24 bits per heavy atom. The van der Waals surface area contributed by atoms with Crippen LogP contribution in [0.2, 0.25) is 0 Å². The van der Waals surface area contributed by atoms with E-state index in [1.54, 1.807) is 0 Å². The molecule has 0 aliphatic rings. The maximum absolute atomic E-state index is 5.79. The van der Waals surface area contributed by atoms with Gasteiger partial charge < -0.3 is 4.74 Å². The van der Waals surface area contributed by atoms with E-state index in [1.165, 1.54) is 11.1 Å². The Kier molecular flexibility index (Phi) is 3.19. The van der Waals surface area contributed by atoms with E-state index in [-0.39, 0.29) is 5.60 Å². The Labute approximate surface area is 103 Å². The van der Waals surface area contributed by atoms with E-state index in [9.17, 15) is 0 Å². The minimum atomic E-state index is -0.145. The van der Waals surface area contributed by atoms with Gasteiger partial charge in [0.25, 0.3) is 0 Å². The average molecular weight is 226 g/mol. The molecule has 2 aromatic carbocycles. The smallest absolute Gasteiger partial charge is 0.120 e. The molecule has 0 saturated heterocycles. The van der Waals surface area contributed by atoms with Crippen molar-refractivity contribution >= 4 is 0 Å². The van der Waals surface area contributed by atoms with Crippen molar-refractivity contribution in [2.24, 2.45) is 0 Å². The Bertz CT molecular complexity index is 463. The standard InChI is InChI=1S/C16H18O/c1-16(2,3)17-15-11-9-14(10-12-15)13-7-5-4-6-8-13/h4-12H,1-3H3. The van der Waals surface area contributed by atoms with E-state index >= 15 is 0 Å². The molecule has 0 fully saturated rings. The molecular formula is C16H18O. The monoisotopic (exact) mass is 226 g/mol. The number of hydrogen-bond acceptors (Lipinski definition) is 1. The van der Waals surface area contributed by atoms with Crippen molar-refractivity contribution in [2.75, 3.05) is 0 Å². The predicted molar refractivity (Wildman–Crippen MR) is 72.3 cm³/mol. The van der Waals surface area contributed by atoms with Gasteiger partial charge in [-0.1, -0.05) is 42.5 Å². The second-order valence-corrected chi connectivity index (χ2v) is 5.10. The number of benzene rings is 2. The maximum Gasteiger partial charge on any atom is 0.120 e. The first-order valence-corrected chi connectivity index (χ1v) is 5.89. The van der Waals surface area contributed by atoms with Gasteiger partial charge in [0.1, 0.15) is 11.4 Å². The lowest BCUT2D eigenvalue weighted by Crippen LogP contribution is -2.22. The minimum absolute atomic E-state index is 0.145. The van der Waals surface area contributed by atoms with Crippen molar-refractivity contribution in [3.05, 3.63) is 54.6 Å². The van der Waals surface area contributed by atoms with Crippen molar-refractivity contribution < 1.29 is 4.74 Å². The molecule has 2 aromatic rings. The van der Waals surface area contributed by atoms with E-state index in [1.807, 2.05) is 18.2 Å². The molecule has 0 heterocycles. The van der Waals surface area contributed by atoms with Gasteiger partial charge in [0.05, 0.1) is 0 Å². The van der Waals surface area contributed by atoms with Crippen molar-refractivity contribution in [2.45, 2.75) is 26.4 Å². The average Bonchev–Trinajstić information content (AvgIpc) is 2.29. The van der Waals surface area contributed by atoms with Gasteiger partial charge in [-0.05, 0) is 44.0 Å². The first kappa shape index (κ1) is 11.7. The van der Waals surface area contributed by atoms with Gasteiger partial charge in [-0.2, -0.15) is 0 Å². The van der Waals surface area contributed by atoms with Gasteiger partial charge in [0, 0.05) is 0 Å². The molecule has 0 aromatic heterocycles. The lowest BCUT2D eigenvalue weighted by atomic mass is 10.1. The summed E-state index contributed by atoms with van der Waals surface area (Å²) in [5.41, 5.74) is 2.30. The molecule has 0 atom stereocenters. The molecule has 0 bridgehead atoms. The van der Waals surface area contributed by atoms with Crippen LogP contribution in [0.15, 0.2) is 54.6 Å². The van der Waals surface area contributed by atoms with Crippen LogP contribution in [0.4, 0.5) is 0 Å². The summed E-state index contributed by atoms with van der Waals surface area (Å²) in [4.78, 5) is 0. The lowest BCUT2D eigenvalue weighted by Gasteiger charge is -2.21. The molecule has 0 unspecified atom stereocenters. The van der Waals surface area contributed by atoms with Crippen LogP contribution in [0.1, 0.15) is 20.8 Å². The molecule has 1 heteroatoms. The summed E-state index contributed by atoms with van der Waals surface area (Å²) in [5.74, 6) is 0.914. The molecule has 0 N–H and O–H groups in total. The number of rotatable bonds is 2. The lowest BCUT2D eigenvalue weighted by molar-refractivity contribution is 0.131. The third kappa shape index (κ3) is 3.35. The van der Waals surface area contributed by atoms with Gasteiger partial charge >= 0.3 is 0 Å². The molecule has 0 spiro atoms. The third-order valence-electron chi connectivity index (χ3n) is 2.39. The first-order valence-electron chi connectivity index (χ1n) is 5.89. The van der Waals surface area contributed by atoms with Gasteiger partial charge in [-0.25, -0.2) is 0 Å². The van der Waals surface area contributed by atoms with Gasteiger partial charge in [0.15, 0.2) is 0 Å². The van der Waals surface area contributed by atoms with Crippen LogP contribution in [0.25, 0.3) is 11.1 Å². The van der Waals surface area contributed by atoms with Gasteiger partial charge in [-0.3, -0.25) is 0 Å². The largest absolute Gasteiger partial charge is 0.488 e. The Morgan fingerprint density at radius 3 is 1.76 bits per heavy atom. The zero-order valence-electron chi connectivity index (χ0n) is 10.6. The first-order chi connectivity index (χ1) is 8.04. The van der Waals surface area contributed by atoms with E-state index in [0.29, 0.717) is 0 Å².